The Morgan fingerprint density at radius 3 is 2.71 bits per heavy atom. The van der Waals surface area contributed by atoms with Gasteiger partial charge in [0, 0.05) is 11.1 Å². The molecular weight excluding hydrogens is 258 g/mol. The van der Waals surface area contributed by atoms with E-state index in [0.717, 1.165) is 36.5 Å². The summed E-state index contributed by atoms with van der Waals surface area (Å²) < 4.78 is 0. The van der Waals surface area contributed by atoms with Crippen LogP contribution in [0, 0.1) is 34.5 Å². The molecule has 3 saturated carbocycles. The molecule has 4 aliphatic carbocycles. The molecular formula is C19H31NO. The number of aliphatic hydroxyl groups is 1. The minimum absolute atomic E-state index is 0.0303. The van der Waals surface area contributed by atoms with Gasteiger partial charge in [-0.3, -0.25) is 0 Å². The predicted molar refractivity (Wildman–Crippen MR) is 85.4 cm³/mol. The summed E-state index contributed by atoms with van der Waals surface area (Å²) in [6, 6.07) is 0. The summed E-state index contributed by atoms with van der Waals surface area (Å²) in [5, 5.41) is 10.1. The van der Waals surface area contributed by atoms with Crippen LogP contribution in [0.2, 0.25) is 0 Å². The molecule has 2 heteroatoms. The number of fused-ring (bicyclic) bond motifs is 5. The molecule has 0 amide bonds. The molecule has 4 aliphatic rings. The standard InChI is InChI=1S/C19H31NO/c1-18-9-7-13(21)11-12(18)3-4-14-15-5-6-17(20)19(15,2)10-8-16(14)18/h6,12-16,21H,3-5,7-11,20H2,1-2H3/t12-,13+,14+,15+,16+,18+,19+/m1/s1. The third kappa shape index (κ3) is 1.81. The van der Waals surface area contributed by atoms with Gasteiger partial charge in [0.2, 0.25) is 0 Å². The van der Waals surface area contributed by atoms with Gasteiger partial charge < -0.3 is 10.8 Å². The van der Waals surface area contributed by atoms with Crippen LogP contribution in [0.3, 0.4) is 0 Å². The molecule has 0 aliphatic heterocycles. The molecule has 0 unspecified atom stereocenters. The minimum atomic E-state index is -0.0303. The number of hydrogen-bond donors (Lipinski definition) is 2. The van der Waals surface area contributed by atoms with Crippen LogP contribution in [0.1, 0.15) is 65.2 Å². The van der Waals surface area contributed by atoms with Crippen molar-refractivity contribution in [3.05, 3.63) is 11.8 Å². The van der Waals surface area contributed by atoms with Gasteiger partial charge in [-0.2, -0.15) is 0 Å². The van der Waals surface area contributed by atoms with Crippen molar-refractivity contribution in [2.24, 2.45) is 40.2 Å². The first-order valence-corrected chi connectivity index (χ1v) is 9.09. The highest BCUT2D eigenvalue weighted by atomic mass is 16.3. The fourth-order valence-corrected chi connectivity index (χ4v) is 6.84. The van der Waals surface area contributed by atoms with Crippen LogP contribution in [0.25, 0.3) is 0 Å². The van der Waals surface area contributed by atoms with Crippen LogP contribution in [0.4, 0.5) is 0 Å². The first-order valence-electron chi connectivity index (χ1n) is 9.09. The van der Waals surface area contributed by atoms with Crippen LogP contribution >= 0.6 is 0 Å². The zero-order chi connectivity index (χ0) is 14.8. The second-order valence-electron chi connectivity index (χ2n) is 8.94. The van der Waals surface area contributed by atoms with E-state index in [0.29, 0.717) is 10.8 Å². The first-order chi connectivity index (χ1) is 9.95. The van der Waals surface area contributed by atoms with Gasteiger partial charge in [-0.05, 0) is 80.5 Å². The van der Waals surface area contributed by atoms with Gasteiger partial charge >= 0.3 is 0 Å². The Bertz CT molecular complexity index is 472. The predicted octanol–water partition coefficient (Wildman–Crippen LogP) is 3.84. The molecule has 0 heterocycles. The van der Waals surface area contributed by atoms with Crippen molar-refractivity contribution in [2.45, 2.75) is 71.3 Å². The van der Waals surface area contributed by atoms with Crippen LogP contribution in [0.5, 0.6) is 0 Å². The number of nitrogens with two attached hydrogens (primary N) is 1. The van der Waals surface area contributed by atoms with Gasteiger partial charge in [-0.15, -0.1) is 0 Å². The van der Waals surface area contributed by atoms with E-state index in [1.807, 2.05) is 0 Å². The third-order valence-electron chi connectivity index (χ3n) is 8.28. The highest BCUT2D eigenvalue weighted by Crippen LogP contribution is 2.65. The maximum atomic E-state index is 10.1. The molecule has 0 aromatic heterocycles. The number of allylic oxidation sites excluding steroid dienone is 2. The van der Waals surface area contributed by atoms with Gasteiger partial charge in [-0.1, -0.05) is 19.9 Å². The van der Waals surface area contributed by atoms with Gasteiger partial charge in [0.25, 0.3) is 0 Å². The molecule has 0 aromatic carbocycles. The second-order valence-corrected chi connectivity index (χ2v) is 8.94. The van der Waals surface area contributed by atoms with E-state index in [2.05, 4.69) is 19.9 Å². The van der Waals surface area contributed by atoms with E-state index in [1.165, 1.54) is 44.2 Å². The van der Waals surface area contributed by atoms with Crippen LogP contribution in [-0.4, -0.2) is 11.2 Å². The summed E-state index contributed by atoms with van der Waals surface area (Å²) in [5.41, 5.74) is 8.31. The van der Waals surface area contributed by atoms with E-state index >= 15 is 0 Å². The molecule has 0 saturated heterocycles. The lowest BCUT2D eigenvalue weighted by Crippen LogP contribution is -2.54. The smallest absolute Gasteiger partial charge is 0.0543 e. The Balaban J connectivity index is 1.63. The van der Waals surface area contributed by atoms with E-state index < -0.39 is 0 Å². The molecule has 0 aromatic rings. The molecule has 0 bridgehead atoms. The quantitative estimate of drug-likeness (QED) is 0.711. The van der Waals surface area contributed by atoms with Gasteiger partial charge in [-0.25, -0.2) is 0 Å². The van der Waals surface area contributed by atoms with Gasteiger partial charge in [0.1, 0.15) is 0 Å². The van der Waals surface area contributed by atoms with E-state index in [9.17, 15) is 5.11 Å². The van der Waals surface area contributed by atoms with Crippen molar-refractivity contribution in [2.75, 3.05) is 0 Å². The molecule has 118 valence electrons. The van der Waals surface area contributed by atoms with Gasteiger partial charge in [0.15, 0.2) is 0 Å². The number of rotatable bonds is 0. The topological polar surface area (TPSA) is 46.2 Å². The van der Waals surface area contributed by atoms with E-state index in [-0.39, 0.29) is 6.10 Å². The molecule has 0 radical (unpaired) electrons. The monoisotopic (exact) mass is 289 g/mol. The highest BCUT2D eigenvalue weighted by Gasteiger charge is 2.58. The lowest BCUT2D eigenvalue weighted by atomic mass is 9.45. The molecule has 2 nitrogen and oxygen atoms in total. The average molecular weight is 289 g/mol. The largest absolute Gasteiger partial charge is 0.402 e. The summed E-state index contributed by atoms with van der Waals surface area (Å²) in [7, 11) is 0. The maximum absolute atomic E-state index is 10.1. The Kier molecular flexibility index (Phi) is 3.03. The van der Waals surface area contributed by atoms with E-state index in [1.54, 1.807) is 0 Å². The van der Waals surface area contributed by atoms with Gasteiger partial charge in [0.05, 0.1) is 6.10 Å². The van der Waals surface area contributed by atoms with Crippen LogP contribution < -0.4 is 5.73 Å². The van der Waals surface area contributed by atoms with Crippen molar-refractivity contribution in [1.82, 2.24) is 0 Å². The summed E-state index contributed by atoms with van der Waals surface area (Å²) in [6.07, 6.45) is 12.2. The summed E-state index contributed by atoms with van der Waals surface area (Å²) in [5.74, 6) is 3.30. The lowest BCUT2D eigenvalue weighted by molar-refractivity contribution is -0.117. The summed E-state index contributed by atoms with van der Waals surface area (Å²) >= 11 is 0. The fraction of sp³-hybridized carbons (Fsp3) is 0.895. The zero-order valence-electron chi connectivity index (χ0n) is 13.6. The van der Waals surface area contributed by atoms with Crippen molar-refractivity contribution < 1.29 is 5.11 Å². The maximum Gasteiger partial charge on any atom is 0.0543 e. The van der Waals surface area contributed by atoms with Crippen LogP contribution in [-0.2, 0) is 0 Å². The molecule has 4 rings (SSSR count). The lowest BCUT2D eigenvalue weighted by Gasteiger charge is -2.60. The number of hydrogen-bond acceptors (Lipinski definition) is 2. The highest BCUT2D eigenvalue weighted by molar-refractivity contribution is 5.22. The average Bonchev–Trinajstić information content (AvgIpc) is 2.76. The van der Waals surface area contributed by atoms with E-state index in [4.69, 9.17) is 5.73 Å². The fourth-order valence-electron chi connectivity index (χ4n) is 6.84. The van der Waals surface area contributed by atoms with Crippen molar-refractivity contribution in [1.29, 1.82) is 0 Å². The molecule has 0 spiro atoms. The first kappa shape index (κ1) is 14.1. The van der Waals surface area contributed by atoms with Crippen molar-refractivity contribution in [3.8, 4) is 0 Å². The Morgan fingerprint density at radius 2 is 1.90 bits per heavy atom. The van der Waals surface area contributed by atoms with Crippen LogP contribution in [0.15, 0.2) is 11.8 Å². The molecule has 3 N–H and O–H groups in total. The number of aliphatic hydroxyl groups excluding tert-OH is 1. The SMILES string of the molecule is C[C@]12CC[C@H](O)C[C@H]1CC[C@@H]1[C@@H]2CC[C@]2(C)C(N)=CC[C@@H]12. The summed E-state index contributed by atoms with van der Waals surface area (Å²) in [6.45, 7) is 4.97. The second kappa shape index (κ2) is 4.50. The molecule has 3 fully saturated rings. The Labute approximate surface area is 129 Å². The minimum Gasteiger partial charge on any atom is -0.402 e. The zero-order valence-corrected chi connectivity index (χ0v) is 13.6. The van der Waals surface area contributed by atoms with Crippen molar-refractivity contribution in [3.63, 3.8) is 0 Å². The van der Waals surface area contributed by atoms with Crippen molar-refractivity contribution >= 4 is 0 Å². The third-order valence-corrected chi connectivity index (χ3v) is 8.28. The normalized spacial score (nSPS) is 56.1. The molecule has 7 atom stereocenters. The Hall–Kier alpha value is -0.500. The summed E-state index contributed by atoms with van der Waals surface area (Å²) in [4.78, 5) is 0. The Morgan fingerprint density at radius 1 is 1.10 bits per heavy atom. The molecule has 21 heavy (non-hydrogen) atoms.